The van der Waals surface area contributed by atoms with Gasteiger partial charge in [-0.2, -0.15) is 0 Å². The number of ether oxygens (including phenoxy) is 1. The highest BCUT2D eigenvalue weighted by Crippen LogP contribution is 2.32. The third kappa shape index (κ3) is 4.71. The Morgan fingerprint density at radius 3 is 3.00 bits per heavy atom. The van der Waals surface area contributed by atoms with Gasteiger partial charge in [0, 0.05) is 17.6 Å². The quantitative estimate of drug-likeness (QED) is 0.735. The largest absolute Gasteiger partial charge is 0.376 e. The predicted octanol–water partition coefficient (Wildman–Crippen LogP) is 2.78. The average molecular weight is 425 g/mol. The molecule has 1 N–H and O–H groups in total. The van der Waals surface area contributed by atoms with Crippen LogP contribution in [-0.4, -0.2) is 47.8 Å². The molecule has 0 aliphatic carbocycles. The molecule has 6 nitrogen and oxygen atoms in total. The van der Waals surface area contributed by atoms with Crippen molar-refractivity contribution >= 4 is 50.8 Å². The smallest absolute Gasteiger partial charge is 0.294 e. The molecule has 3 rings (SSSR count). The van der Waals surface area contributed by atoms with E-state index in [1.807, 2.05) is 24.3 Å². The number of nitrogens with zero attached hydrogens (tertiary/aromatic N) is 1. The van der Waals surface area contributed by atoms with Gasteiger partial charge in [0.25, 0.3) is 11.1 Å². The summed E-state index contributed by atoms with van der Waals surface area (Å²) in [5, 5.41) is 2.29. The maximum Gasteiger partial charge on any atom is 0.294 e. The zero-order valence-electron chi connectivity index (χ0n) is 13.4. The summed E-state index contributed by atoms with van der Waals surface area (Å²) in [6.07, 6.45) is 3.58. The van der Waals surface area contributed by atoms with Gasteiger partial charge in [-0.1, -0.05) is 28.1 Å². The third-order valence-corrected chi connectivity index (χ3v) is 5.27. The summed E-state index contributed by atoms with van der Waals surface area (Å²) in [5.41, 5.74) is 0.808. The molecule has 2 aliphatic rings. The van der Waals surface area contributed by atoms with Crippen molar-refractivity contribution in [2.75, 3.05) is 19.7 Å². The first-order chi connectivity index (χ1) is 12.0. The molecule has 0 bridgehead atoms. The van der Waals surface area contributed by atoms with Crippen molar-refractivity contribution < 1.29 is 19.1 Å². The van der Waals surface area contributed by atoms with E-state index in [0.717, 1.165) is 39.5 Å². The van der Waals surface area contributed by atoms with Gasteiger partial charge in [-0.05, 0) is 48.4 Å². The second-order valence-electron chi connectivity index (χ2n) is 5.76. The molecule has 0 aromatic heterocycles. The third-order valence-electron chi connectivity index (χ3n) is 3.87. The number of halogens is 1. The summed E-state index contributed by atoms with van der Waals surface area (Å²) >= 11 is 4.21. The lowest BCUT2D eigenvalue weighted by Crippen LogP contribution is -2.41. The molecule has 2 fully saturated rings. The number of carbonyl (C=O) groups is 3. The minimum Gasteiger partial charge on any atom is -0.376 e. The highest BCUT2D eigenvalue weighted by Gasteiger charge is 2.36. The summed E-state index contributed by atoms with van der Waals surface area (Å²) in [6.45, 7) is 0.847. The van der Waals surface area contributed by atoms with Crippen LogP contribution in [0.1, 0.15) is 18.4 Å². The average Bonchev–Trinajstić information content (AvgIpc) is 3.17. The van der Waals surface area contributed by atoms with Crippen LogP contribution in [0, 0.1) is 0 Å². The van der Waals surface area contributed by atoms with Crippen LogP contribution in [0.4, 0.5) is 4.79 Å². The van der Waals surface area contributed by atoms with Crippen molar-refractivity contribution in [2.45, 2.75) is 18.9 Å². The van der Waals surface area contributed by atoms with Crippen LogP contribution in [-0.2, 0) is 14.3 Å². The Kier molecular flexibility index (Phi) is 5.93. The summed E-state index contributed by atoms with van der Waals surface area (Å²) in [5.74, 6) is -0.802. The van der Waals surface area contributed by atoms with Crippen LogP contribution >= 0.6 is 27.7 Å². The van der Waals surface area contributed by atoms with Crippen LogP contribution in [0.25, 0.3) is 6.08 Å². The van der Waals surface area contributed by atoms with Crippen LogP contribution in [0.5, 0.6) is 0 Å². The number of benzene rings is 1. The molecular formula is C17H17BrN2O4S. The van der Waals surface area contributed by atoms with E-state index in [-0.39, 0.29) is 18.6 Å². The molecular weight excluding hydrogens is 408 g/mol. The molecule has 3 amide bonds. The zero-order valence-corrected chi connectivity index (χ0v) is 15.8. The maximum atomic E-state index is 12.4. The first-order valence-corrected chi connectivity index (χ1v) is 9.53. The van der Waals surface area contributed by atoms with Crippen LogP contribution in [0.15, 0.2) is 33.6 Å². The van der Waals surface area contributed by atoms with E-state index in [0.29, 0.717) is 18.1 Å². The Labute approximate surface area is 158 Å². The number of imide groups is 1. The van der Waals surface area contributed by atoms with E-state index in [9.17, 15) is 14.4 Å². The molecule has 1 atom stereocenters. The second-order valence-corrected chi connectivity index (χ2v) is 7.67. The van der Waals surface area contributed by atoms with Crippen LogP contribution in [0.2, 0.25) is 0 Å². The number of thioether (sulfide) groups is 1. The van der Waals surface area contributed by atoms with E-state index in [1.165, 1.54) is 0 Å². The van der Waals surface area contributed by atoms with Crippen molar-refractivity contribution in [1.29, 1.82) is 0 Å². The molecule has 132 valence electrons. The lowest BCUT2D eigenvalue weighted by Gasteiger charge is -2.14. The van der Waals surface area contributed by atoms with Gasteiger partial charge in [-0.15, -0.1) is 0 Å². The van der Waals surface area contributed by atoms with Gasteiger partial charge in [0.05, 0.1) is 11.0 Å². The normalized spacial score (nSPS) is 22.0. The number of hydrogen-bond acceptors (Lipinski definition) is 5. The Balaban J connectivity index is 1.60. The van der Waals surface area contributed by atoms with E-state index in [1.54, 1.807) is 6.08 Å². The standard InChI is InChI=1S/C17H17BrN2O4S/c18-12-4-1-3-11(7-12)8-14-16(22)20(17(23)25-14)10-15(21)19-9-13-5-2-6-24-13/h1,3-4,7-8,13H,2,5-6,9-10H2,(H,19,21)/b14-8-/t13-/m1/s1. The molecule has 0 saturated carbocycles. The van der Waals surface area contributed by atoms with Crippen LogP contribution in [0.3, 0.4) is 0 Å². The van der Waals surface area contributed by atoms with Gasteiger partial charge >= 0.3 is 0 Å². The van der Waals surface area contributed by atoms with Crippen molar-refractivity contribution in [2.24, 2.45) is 0 Å². The summed E-state index contributed by atoms with van der Waals surface area (Å²) < 4.78 is 6.31. The number of amides is 3. The Bertz CT molecular complexity index is 731. The zero-order chi connectivity index (χ0) is 17.8. The topological polar surface area (TPSA) is 75.7 Å². The summed E-state index contributed by atoms with van der Waals surface area (Å²) in [7, 11) is 0. The first kappa shape index (κ1) is 18.2. The van der Waals surface area contributed by atoms with Gasteiger partial charge in [-0.25, -0.2) is 0 Å². The van der Waals surface area contributed by atoms with Gasteiger partial charge in [0.15, 0.2) is 0 Å². The molecule has 8 heteroatoms. The number of carbonyl (C=O) groups excluding carboxylic acids is 3. The van der Waals surface area contributed by atoms with Crippen molar-refractivity contribution in [3.8, 4) is 0 Å². The fourth-order valence-corrected chi connectivity index (χ4v) is 3.87. The highest BCUT2D eigenvalue weighted by atomic mass is 79.9. The number of rotatable bonds is 5. The van der Waals surface area contributed by atoms with Crippen molar-refractivity contribution in [3.05, 3.63) is 39.2 Å². The molecule has 2 heterocycles. The minimum absolute atomic E-state index is 0.0234. The fraction of sp³-hybridized carbons (Fsp3) is 0.353. The Morgan fingerprint density at radius 2 is 2.28 bits per heavy atom. The van der Waals surface area contributed by atoms with Gasteiger partial charge in [-0.3, -0.25) is 19.3 Å². The Hall–Kier alpha value is -1.64. The molecule has 0 radical (unpaired) electrons. The van der Waals surface area contributed by atoms with Gasteiger partial charge in [0.1, 0.15) is 6.54 Å². The second kappa shape index (κ2) is 8.16. The highest BCUT2D eigenvalue weighted by molar-refractivity contribution is 9.10. The van der Waals surface area contributed by atoms with Crippen molar-refractivity contribution in [3.63, 3.8) is 0 Å². The van der Waals surface area contributed by atoms with Gasteiger partial charge in [0.2, 0.25) is 5.91 Å². The molecule has 0 spiro atoms. The maximum absolute atomic E-state index is 12.4. The lowest BCUT2D eigenvalue weighted by molar-refractivity contribution is -0.129. The van der Waals surface area contributed by atoms with E-state index < -0.39 is 11.1 Å². The van der Waals surface area contributed by atoms with Crippen LogP contribution < -0.4 is 5.32 Å². The molecule has 25 heavy (non-hydrogen) atoms. The molecule has 1 aromatic carbocycles. The monoisotopic (exact) mass is 424 g/mol. The number of nitrogens with one attached hydrogen (secondary N) is 1. The van der Waals surface area contributed by atoms with E-state index >= 15 is 0 Å². The summed E-state index contributed by atoms with van der Waals surface area (Å²) in [4.78, 5) is 37.8. The lowest BCUT2D eigenvalue weighted by atomic mass is 10.2. The van der Waals surface area contributed by atoms with E-state index in [2.05, 4.69) is 21.2 Å². The first-order valence-electron chi connectivity index (χ1n) is 7.92. The molecule has 2 saturated heterocycles. The number of hydrogen-bond donors (Lipinski definition) is 1. The summed E-state index contributed by atoms with van der Waals surface area (Å²) in [6, 6.07) is 7.41. The molecule has 0 unspecified atom stereocenters. The predicted molar refractivity (Wildman–Crippen MR) is 98.8 cm³/mol. The molecule has 2 aliphatic heterocycles. The van der Waals surface area contributed by atoms with E-state index in [4.69, 9.17) is 4.74 Å². The Morgan fingerprint density at radius 1 is 1.44 bits per heavy atom. The fourth-order valence-electron chi connectivity index (χ4n) is 2.62. The van der Waals surface area contributed by atoms with Gasteiger partial charge < -0.3 is 10.1 Å². The SMILES string of the molecule is O=C(CN1C(=O)S/C(=C\c2cccc(Br)c2)C1=O)NC[C@H]1CCCO1. The molecule has 1 aromatic rings. The minimum atomic E-state index is -0.442. The van der Waals surface area contributed by atoms with Crippen molar-refractivity contribution in [1.82, 2.24) is 10.2 Å².